The number of hydrogen-bond acceptors (Lipinski definition) is 4. The molecule has 0 fully saturated rings. The summed E-state index contributed by atoms with van der Waals surface area (Å²) in [4.78, 5) is 0. The van der Waals surface area contributed by atoms with Gasteiger partial charge in [-0.1, -0.05) is 32.0 Å². The van der Waals surface area contributed by atoms with Crippen molar-refractivity contribution in [3.05, 3.63) is 34.9 Å². The first-order valence-electron chi connectivity index (χ1n) is 7.65. The van der Waals surface area contributed by atoms with Crippen molar-refractivity contribution in [3.8, 4) is 12.1 Å². The van der Waals surface area contributed by atoms with Crippen molar-refractivity contribution in [3.63, 3.8) is 0 Å². The predicted molar refractivity (Wildman–Crippen MR) is 93.6 cm³/mol. The summed E-state index contributed by atoms with van der Waals surface area (Å²) in [6, 6.07) is 10.3. The zero-order chi connectivity index (χ0) is 18.3. The van der Waals surface area contributed by atoms with Crippen LogP contribution in [0.2, 0.25) is 0 Å². The first-order chi connectivity index (χ1) is 10.7. The van der Waals surface area contributed by atoms with Gasteiger partial charge in [0.1, 0.15) is 0 Å². The maximum Gasteiger partial charge on any atom is 0.0961 e. The zero-order valence-corrected chi connectivity index (χ0v) is 14.9. The number of nitrogens with zero attached hydrogens (tertiary/aromatic N) is 3. The minimum absolute atomic E-state index is 0.355. The van der Waals surface area contributed by atoms with E-state index in [0.29, 0.717) is 6.54 Å². The van der Waals surface area contributed by atoms with E-state index in [2.05, 4.69) is 12.1 Å². The second-order valence-corrected chi connectivity index (χ2v) is 6.19. The summed E-state index contributed by atoms with van der Waals surface area (Å²) in [6.07, 6.45) is 1.04. The molecule has 0 spiro atoms. The SMILES string of the molecule is CC.CC(C)(C#N)c1cc(CN(N)C=N)cc(C(C)(C)C#N)c1. The number of rotatable bonds is 5. The van der Waals surface area contributed by atoms with E-state index >= 15 is 0 Å². The maximum absolute atomic E-state index is 9.33. The van der Waals surface area contributed by atoms with Gasteiger partial charge >= 0.3 is 0 Å². The molecule has 0 aliphatic rings. The lowest BCUT2D eigenvalue weighted by molar-refractivity contribution is 0.444. The number of nitrogens with two attached hydrogens (primary N) is 1. The Kier molecular flexibility index (Phi) is 7.46. The largest absolute Gasteiger partial charge is 0.297 e. The van der Waals surface area contributed by atoms with Crippen LogP contribution in [-0.4, -0.2) is 11.3 Å². The zero-order valence-electron chi connectivity index (χ0n) is 14.9. The lowest BCUT2D eigenvalue weighted by Crippen LogP contribution is -2.29. The van der Waals surface area contributed by atoms with Gasteiger partial charge in [-0.2, -0.15) is 10.5 Å². The van der Waals surface area contributed by atoms with Crippen molar-refractivity contribution in [2.45, 2.75) is 58.9 Å². The number of benzene rings is 1. The lowest BCUT2D eigenvalue weighted by Gasteiger charge is -2.24. The molecule has 3 N–H and O–H groups in total. The minimum atomic E-state index is -0.652. The van der Waals surface area contributed by atoms with Crippen molar-refractivity contribution in [2.75, 3.05) is 0 Å². The summed E-state index contributed by atoms with van der Waals surface area (Å²) in [7, 11) is 0. The normalized spacial score (nSPS) is 10.7. The molecule has 0 aliphatic carbocycles. The Morgan fingerprint density at radius 3 is 1.74 bits per heavy atom. The van der Waals surface area contributed by atoms with Gasteiger partial charge in [0.05, 0.1) is 35.9 Å². The van der Waals surface area contributed by atoms with E-state index in [1.54, 1.807) is 0 Å². The first kappa shape index (κ1) is 20.6. The molecular formula is C18H27N5. The molecule has 1 aromatic carbocycles. The Hall–Kier alpha value is -2.37. The number of nitrogens with one attached hydrogen (secondary N) is 1. The monoisotopic (exact) mass is 313 g/mol. The van der Waals surface area contributed by atoms with Gasteiger partial charge < -0.3 is 0 Å². The third-order valence-electron chi connectivity index (χ3n) is 3.53. The Bertz CT molecular complexity index is 573. The third-order valence-corrected chi connectivity index (χ3v) is 3.53. The van der Waals surface area contributed by atoms with E-state index in [9.17, 15) is 10.5 Å². The Morgan fingerprint density at radius 2 is 1.43 bits per heavy atom. The lowest BCUT2D eigenvalue weighted by atomic mass is 9.79. The molecular weight excluding hydrogens is 286 g/mol. The van der Waals surface area contributed by atoms with Crippen LogP contribution in [0.5, 0.6) is 0 Å². The van der Waals surface area contributed by atoms with E-state index in [0.717, 1.165) is 23.0 Å². The molecule has 5 heteroatoms. The van der Waals surface area contributed by atoms with Gasteiger partial charge in [-0.15, -0.1) is 0 Å². The second-order valence-electron chi connectivity index (χ2n) is 6.19. The molecule has 1 rings (SSSR count). The molecule has 0 unspecified atom stereocenters. The molecule has 0 bridgehead atoms. The molecule has 0 heterocycles. The molecule has 0 saturated heterocycles. The number of hydrogen-bond donors (Lipinski definition) is 2. The molecule has 0 radical (unpaired) electrons. The standard InChI is InChI=1S/C16H21N5.C2H6/c1-15(2,9-17)13-5-12(8-21(20)11-19)6-14(7-13)16(3,4)10-18;1-2/h5-7,11,19H,8,20H2,1-4H3;1-2H3. The Morgan fingerprint density at radius 1 is 1.04 bits per heavy atom. The predicted octanol–water partition coefficient (Wildman–Crippen LogP) is 3.60. The van der Waals surface area contributed by atoms with E-state index < -0.39 is 10.8 Å². The maximum atomic E-state index is 9.33. The highest BCUT2D eigenvalue weighted by molar-refractivity contribution is 5.50. The van der Waals surface area contributed by atoms with Gasteiger partial charge in [-0.3, -0.25) is 10.4 Å². The second kappa shape index (κ2) is 8.31. The van der Waals surface area contributed by atoms with Crippen molar-refractivity contribution >= 4 is 6.34 Å². The van der Waals surface area contributed by atoms with Crippen LogP contribution >= 0.6 is 0 Å². The van der Waals surface area contributed by atoms with Gasteiger partial charge in [0.25, 0.3) is 0 Å². The summed E-state index contributed by atoms with van der Waals surface area (Å²) >= 11 is 0. The molecule has 5 nitrogen and oxygen atoms in total. The van der Waals surface area contributed by atoms with Crippen LogP contribution in [0.25, 0.3) is 0 Å². The van der Waals surface area contributed by atoms with Crippen LogP contribution in [0.1, 0.15) is 58.2 Å². The summed E-state index contributed by atoms with van der Waals surface area (Å²) in [6.45, 7) is 11.7. The fourth-order valence-corrected chi connectivity index (χ4v) is 1.89. The van der Waals surface area contributed by atoms with Gasteiger partial charge in [-0.25, -0.2) is 5.84 Å². The first-order valence-corrected chi connectivity index (χ1v) is 7.65. The van der Waals surface area contributed by atoms with Crippen molar-refractivity contribution < 1.29 is 0 Å². The quantitative estimate of drug-likeness (QED) is 0.375. The van der Waals surface area contributed by atoms with Gasteiger partial charge in [0, 0.05) is 0 Å². The van der Waals surface area contributed by atoms with E-state index in [1.165, 1.54) is 5.01 Å². The average molecular weight is 313 g/mol. The third kappa shape index (κ3) is 5.39. The molecule has 124 valence electrons. The van der Waals surface area contributed by atoms with Gasteiger partial charge in [-0.05, 0) is 44.4 Å². The number of hydrazine groups is 1. The highest BCUT2D eigenvalue weighted by atomic mass is 15.4. The summed E-state index contributed by atoms with van der Waals surface area (Å²) in [5.74, 6) is 5.65. The number of nitriles is 2. The van der Waals surface area contributed by atoms with E-state index in [4.69, 9.17) is 11.3 Å². The van der Waals surface area contributed by atoms with Crippen molar-refractivity contribution in [2.24, 2.45) is 5.84 Å². The van der Waals surface area contributed by atoms with Crippen molar-refractivity contribution in [1.29, 1.82) is 15.9 Å². The molecule has 0 aromatic heterocycles. The molecule has 0 atom stereocenters. The Balaban J connectivity index is 0.00000232. The molecule has 1 aromatic rings. The van der Waals surface area contributed by atoms with E-state index in [-0.39, 0.29) is 0 Å². The molecule has 0 amide bonds. The fourth-order valence-electron chi connectivity index (χ4n) is 1.89. The highest BCUT2D eigenvalue weighted by Gasteiger charge is 2.26. The molecule has 0 aliphatic heterocycles. The van der Waals surface area contributed by atoms with Gasteiger partial charge in [0.2, 0.25) is 0 Å². The van der Waals surface area contributed by atoms with Crippen LogP contribution < -0.4 is 5.84 Å². The Labute approximate surface area is 139 Å². The molecule has 0 saturated carbocycles. The van der Waals surface area contributed by atoms with Crippen LogP contribution in [0, 0.1) is 28.1 Å². The van der Waals surface area contributed by atoms with Gasteiger partial charge in [0.15, 0.2) is 0 Å². The average Bonchev–Trinajstić information content (AvgIpc) is 2.56. The van der Waals surface area contributed by atoms with Crippen LogP contribution in [-0.2, 0) is 17.4 Å². The summed E-state index contributed by atoms with van der Waals surface area (Å²) in [5.41, 5.74) is 1.26. The highest BCUT2D eigenvalue weighted by Crippen LogP contribution is 2.30. The fraction of sp³-hybridized carbons (Fsp3) is 0.500. The summed E-state index contributed by atoms with van der Waals surface area (Å²) < 4.78 is 0. The van der Waals surface area contributed by atoms with Crippen LogP contribution in [0.15, 0.2) is 18.2 Å². The van der Waals surface area contributed by atoms with E-state index in [1.807, 2.05) is 59.7 Å². The minimum Gasteiger partial charge on any atom is -0.297 e. The molecule has 23 heavy (non-hydrogen) atoms. The topological polar surface area (TPSA) is 101 Å². The smallest absolute Gasteiger partial charge is 0.0961 e. The van der Waals surface area contributed by atoms with Crippen LogP contribution in [0.4, 0.5) is 0 Å². The summed E-state index contributed by atoms with van der Waals surface area (Å²) in [5, 5.41) is 27.1. The van der Waals surface area contributed by atoms with Crippen LogP contribution in [0.3, 0.4) is 0 Å². The van der Waals surface area contributed by atoms with Crippen molar-refractivity contribution in [1.82, 2.24) is 5.01 Å².